The third kappa shape index (κ3) is 27.4. The van der Waals surface area contributed by atoms with Crippen LogP contribution in [-0.4, -0.2) is 66.0 Å². The van der Waals surface area contributed by atoms with Crippen molar-refractivity contribution in [2.75, 3.05) is 4.72 Å². The molecule has 33 heteroatoms. The van der Waals surface area contributed by atoms with Crippen molar-refractivity contribution in [1.82, 2.24) is 35.9 Å². The number of benzene rings is 7. The normalized spacial score (nSPS) is 11.8. The van der Waals surface area contributed by atoms with Crippen molar-refractivity contribution in [1.29, 1.82) is 0 Å². The Morgan fingerprint density at radius 1 is 0.425 bits per heavy atom. The van der Waals surface area contributed by atoms with Crippen LogP contribution < -0.4 is 40.6 Å². The Balaban J connectivity index is 0.000000199. The molecule has 0 aliphatic carbocycles. The molecular weight excluding hydrogens is 1530 g/mol. The van der Waals surface area contributed by atoms with Crippen molar-refractivity contribution >= 4 is 114 Å². The van der Waals surface area contributed by atoms with Crippen LogP contribution in [0.5, 0.6) is 17.2 Å². The summed E-state index contributed by atoms with van der Waals surface area (Å²) >= 11 is 5.96. The molecule has 11 aromatic rings. The van der Waals surface area contributed by atoms with Crippen LogP contribution in [0.25, 0.3) is 0 Å². The minimum absolute atomic E-state index is 0. The number of carbonyl (C=O) groups is 3. The topological polar surface area (TPSA) is 388 Å². The minimum Gasteiger partial charge on any atom is -0.410 e. The number of halogens is 1. The minimum atomic E-state index is -4.33. The monoisotopic (exact) mass is 1600 g/mol. The zero-order valence-corrected chi connectivity index (χ0v) is 63.3. The molecule has 0 aliphatic rings. The molecule has 7 N–H and O–H groups in total. The number of aromatic nitrogens is 4. The fraction of sp³-hybridized carbons (Fsp3) is 0.219. The Kier molecular flexibility index (Phi) is 32.4. The van der Waals surface area contributed by atoms with Gasteiger partial charge in [-0.3, -0.25) is 39.6 Å². The smallest absolute Gasteiger partial charge is 0.410 e. The van der Waals surface area contributed by atoms with Gasteiger partial charge in [0.15, 0.2) is 0 Å². The second kappa shape index (κ2) is 41.6. The summed E-state index contributed by atoms with van der Waals surface area (Å²) in [6.07, 6.45) is 3.49. The molecule has 3 amide bonds. The summed E-state index contributed by atoms with van der Waals surface area (Å²) in [4.78, 5) is 86.3. The second-order valence-electron chi connectivity index (χ2n) is 22.8. The Morgan fingerprint density at radius 2 is 0.679 bits per heavy atom. The first-order chi connectivity index (χ1) is 50.5. The zero-order chi connectivity index (χ0) is 75.3. The number of carbonyl (C=O) groups excluding carboxylic acids is 3. The molecule has 0 spiro atoms. The molecule has 4 atom stereocenters. The summed E-state index contributed by atoms with van der Waals surface area (Å²) in [5.41, 5.74) is 13.9. The van der Waals surface area contributed by atoms with E-state index in [1.165, 1.54) is 82.5 Å². The fourth-order valence-electron chi connectivity index (χ4n) is 9.66. The molecule has 27 nitrogen and oxygen atoms in total. The second-order valence-corrected chi connectivity index (χ2v) is 27.5. The first kappa shape index (κ1) is 82.5. The molecule has 0 saturated heterocycles. The van der Waals surface area contributed by atoms with Gasteiger partial charge in [0.1, 0.15) is 37.3 Å². The summed E-state index contributed by atoms with van der Waals surface area (Å²) < 4.78 is 48.7. The maximum atomic E-state index is 12.4. The number of nitro benzene ring substituents is 3. The molecule has 0 fully saturated rings. The van der Waals surface area contributed by atoms with Gasteiger partial charge in [0.25, 0.3) is 17.1 Å². The average molecular weight is 1600 g/mol. The summed E-state index contributed by atoms with van der Waals surface area (Å²) in [6.45, 7) is 8.09. The maximum absolute atomic E-state index is 12.4. The number of nitrogens with one attached hydrogen (secondary N) is 4. The number of nitrogens with zero attached hydrogens (tertiary/aromatic N) is 7. The number of non-ortho nitro benzene ring substituents is 3. The van der Waals surface area contributed by atoms with E-state index in [-0.39, 0.29) is 45.8 Å². The zero-order valence-electron chi connectivity index (χ0n) is 57.5. The van der Waals surface area contributed by atoms with E-state index in [0.29, 0.717) is 42.9 Å². The molecule has 4 heterocycles. The lowest BCUT2D eigenvalue weighted by molar-refractivity contribution is -0.385. The quantitative estimate of drug-likeness (QED) is 0.0158. The lowest BCUT2D eigenvalue weighted by Crippen LogP contribution is -2.32. The number of anilines is 1. The number of aryl methyl sites for hydroxylation is 4. The number of para-hydroxylation sites is 3. The highest BCUT2D eigenvalue weighted by Gasteiger charge is 2.25. The number of thiazole rings is 4. The van der Waals surface area contributed by atoms with Gasteiger partial charge in [0.05, 0.1) is 67.4 Å². The third-order valence-electron chi connectivity index (χ3n) is 15.1. The number of ether oxygens (including phenoxy) is 3. The van der Waals surface area contributed by atoms with Gasteiger partial charge < -0.3 is 35.9 Å². The summed E-state index contributed by atoms with van der Waals surface area (Å²) in [5.74, 6) is 1.33. The SMILES string of the molecule is Br.CCc1csc([C@@H](N)Cc2ccc([N+](=O)[O-])cc2)n1.CCc1csc([C@H](Cc2ccc(NS(=O)(=O)O)cc2)NC(=O)Oc2ccccc2)n1.CCc1csc([C@H](Cc2ccc([N+](=O)[O-])cc2)NC(=O)Oc2ccccc2)n1.CCc1csc([C@H](Cc2ccc([N+](=O)[O-])cc2)NC(=O)Oc2ccccc2)n1. The van der Waals surface area contributed by atoms with E-state index in [0.717, 1.165) is 90.7 Å². The average Bonchev–Trinajstić information content (AvgIpc) is 1.63. The Morgan fingerprint density at radius 3 is 0.934 bits per heavy atom. The van der Waals surface area contributed by atoms with Gasteiger partial charge in [-0.15, -0.1) is 62.3 Å². The van der Waals surface area contributed by atoms with Gasteiger partial charge in [0.2, 0.25) is 0 Å². The first-order valence-corrected chi connectivity index (χ1v) is 37.6. The van der Waals surface area contributed by atoms with Gasteiger partial charge >= 0.3 is 28.6 Å². The van der Waals surface area contributed by atoms with E-state index in [9.17, 15) is 53.1 Å². The number of amides is 3. The first-order valence-electron chi connectivity index (χ1n) is 32.7. The maximum Gasteiger partial charge on any atom is 0.413 e. The molecule has 0 unspecified atom stereocenters. The molecule has 4 aromatic heterocycles. The number of nitro groups is 3. The molecule has 7 aromatic carbocycles. The summed E-state index contributed by atoms with van der Waals surface area (Å²) in [7, 11) is -4.33. The van der Waals surface area contributed by atoms with Crippen LogP contribution in [0.4, 0.5) is 37.1 Å². The van der Waals surface area contributed by atoms with Crippen molar-refractivity contribution in [3.63, 3.8) is 0 Å². The van der Waals surface area contributed by atoms with Gasteiger partial charge in [-0.1, -0.05) is 131 Å². The Hall–Kier alpha value is -10.8. The summed E-state index contributed by atoms with van der Waals surface area (Å²) in [5, 5.41) is 51.9. The predicted octanol–water partition coefficient (Wildman–Crippen LogP) is 16.8. The Labute approximate surface area is 637 Å². The van der Waals surface area contributed by atoms with Crippen molar-refractivity contribution in [3.8, 4) is 17.2 Å². The number of hydrogen-bond donors (Lipinski definition) is 6. The van der Waals surface area contributed by atoms with E-state index in [4.69, 9.17) is 24.5 Å². The van der Waals surface area contributed by atoms with Crippen LogP contribution in [-0.2, 0) is 61.7 Å². The lowest BCUT2D eigenvalue weighted by atomic mass is 10.1. The highest BCUT2D eigenvalue weighted by atomic mass is 79.9. The van der Waals surface area contributed by atoms with Gasteiger partial charge in [-0.25, -0.2) is 34.3 Å². The highest BCUT2D eigenvalue weighted by molar-refractivity contribution is 8.93. The van der Waals surface area contributed by atoms with Gasteiger partial charge in [-0.05, 0) is 122 Å². The molecule has 554 valence electrons. The van der Waals surface area contributed by atoms with Crippen LogP contribution in [0.15, 0.2) is 210 Å². The molecule has 0 radical (unpaired) electrons. The standard InChI is InChI=1S/C20H21N3O5S2.2C20H19N3O4S.C13H15N3O2S.BrH/c1-2-15-13-29-19(21-15)18(22-20(24)28-17-6-4-3-5-7-17)12-14-8-10-16(11-9-14)23-30(25,26)27;2*1-2-15-13-28-19(21-15)18(12-14-8-10-16(11-9-14)23(25)26)22-20(24)27-17-6-4-3-5-7-17;1-2-10-8-19-13(15-10)12(14)7-9-3-5-11(6-4-9)16(17)18;/h3-11,13,18,23H,2,12H2,1H3,(H,22,24)(H,25,26,27);2*3-11,13,18H,2,12H2,1H3,(H,22,24);3-6,8,12H,2,7,14H2,1H3;1H/t3*18-;12-;/m0000./s1. The molecule has 106 heavy (non-hydrogen) atoms. The molecule has 11 rings (SSSR count). The third-order valence-corrected chi connectivity index (χ3v) is 19.6. The Bertz CT molecular complexity index is 4560. The van der Waals surface area contributed by atoms with Crippen molar-refractivity contribution < 1.29 is 56.3 Å². The fourth-order valence-corrected chi connectivity index (χ4v) is 13.9. The largest absolute Gasteiger partial charge is 0.413 e. The van der Waals surface area contributed by atoms with Crippen molar-refractivity contribution in [2.24, 2.45) is 5.73 Å². The van der Waals surface area contributed by atoms with Crippen LogP contribution in [0.3, 0.4) is 0 Å². The molecular formula is C73H75BrN12O15S5. The number of nitrogens with two attached hydrogens (primary N) is 1. The summed E-state index contributed by atoms with van der Waals surface area (Å²) in [6, 6.07) is 50.5. The van der Waals surface area contributed by atoms with E-state index in [2.05, 4.69) is 42.8 Å². The molecule has 0 bridgehead atoms. The number of hydrogen-bond acceptors (Lipinski definition) is 23. The van der Waals surface area contributed by atoms with Crippen LogP contribution in [0.1, 0.15) is 117 Å². The highest BCUT2D eigenvalue weighted by Crippen LogP contribution is 2.29. The predicted molar refractivity (Wildman–Crippen MR) is 414 cm³/mol. The van der Waals surface area contributed by atoms with Crippen LogP contribution >= 0.6 is 62.3 Å². The molecule has 0 saturated carbocycles. The van der Waals surface area contributed by atoms with Crippen LogP contribution in [0.2, 0.25) is 0 Å². The van der Waals surface area contributed by atoms with Crippen LogP contribution in [0, 0.1) is 30.3 Å². The van der Waals surface area contributed by atoms with Gasteiger partial charge in [-0.2, -0.15) is 8.42 Å². The lowest BCUT2D eigenvalue weighted by Gasteiger charge is -2.17. The van der Waals surface area contributed by atoms with Gasteiger partial charge in [0, 0.05) is 57.9 Å². The van der Waals surface area contributed by atoms with E-state index >= 15 is 0 Å². The number of rotatable bonds is 27. The van der Waals surface area contributed by atoms with E-state index < -0.39 is 61.5 Å². The van der Waals surface area contributed by atoms with Crippen molar-refractivity contribution in [2.45, 2.75) is 103 Å². The van der Waals surface area contributed by atoms with Crippen molar-refractivity contribution in [3.05, 3.63) is 305 Å². The molecule has 0 aliphatic heterocycles. The van der Waals surface area contributed by atoms with E-state index in [1.807, 2.05) is 65.2 Å². The van der Waals surface area contributed by atoms with E-state index in [1.54, 1.807) is 133 Å².